The van der Waals surface area contributed by atoms with E-state index in [1.54, 1.807) is 6.20 Å². The number of imidazole rings is 1. The van der Waals surface area contributed by atoms with E-state index in [-0.39, 0.29) is 0 Å². The molecule has 3 heterocycles. The van der Waals surface area contributed by atoms with Crippen LogP contribution >= 0.6 is 0 Å². The number of aromatic amines is 1. The van der Waals surface area contributed by atoms with Gasteiger partial charge in [-0.3, -0.25) is 0 Å². The van der Waals surface area contributed by atoms with Gasteiger partial charge in [-0.2, -0.15) is 4.98 Å². The fourth-order valence-electron chi connectivity index (χ4n) is 2.27. The second kappa shape index (κ2) is 4.71. The molecule has 0 aliphatic carbocycles. The number of rotatable bonds is 2. The van der Waals surface area contributed by atoms with Gasteiger partial charge in [-0.1, -0.05) is 0 Å². The van der Waals surface area contributed by atoms with Crippen LogP contribution in [0.15, 0.2) is 18.3 Å². The van der Waals surface area contributed by atoms with Crippen LogP contribution in [0.2, 0.25) is 0 Å². The average molecular weight is 231 g/mol. The van der Waals surface area contributed by atoms with Crippen molar-refractivity contribution in [3.63, 3.8) is 0 Å². The molecule has 1 aliphatic heterocycles. The van der Waals surface area contributed by atoms with Gasteiger partial charge in [0.1, 0.15) is 0 Å². The molecule has 0 radical (unpaired) electrons. The van der Waals surface area contributed by atoms with Crippen LogP contribution in [0, 0.1) is 0 Å². The highest BCUT2D eigenvalue weighted by Gasteiger charge is 2.13. The maximum Gasteiger partial charge on any atom is 0.202 e. The van der Waals surface area contributed by atoms with Crippen molar-refractivity contribution >= 4 is 17.1 Å². The van der Waals surface area contributed by atoms with Gasteiger partial charge in [0.15, 0.2) is 5.65 Å². The van der Waals surface area contributed by atoms with Crippen molar-refractivity contribution in [3.05, 3.63) is 18.3 Å². The number of hydrogen-bond donors (Lipinski definition) is 3. The number of nitrogens with zero attached hydrogens (tertiary/aromatic N) is 2. The first kappa shape index (κ1) is 10.5. The van der Waals surface area contributed by atoms with Crippen molar-refractivity contribution in [3.8, 4) is 0 Å². The molecule has 17 heavy (non-hydrogen) atoms. The highest BCUT2D eigenvalue weighted by Crippen LogP contribution is 2.15. The number of aromatic nitrogens is 3. The van der Waals surface area contributed by atoms with Gasteiger partial charge in [0.25, 0.3) is 0 Å². The Bertz CT molecular complexity index is 451. The number of H-pyrrole nitrogens is 1. The summed E-state index contributed by atoms with van der Waals surface area (Å²) in [6.45, 7) is 2.20. The maximum atomic E-state index is 4.44. The Morgan fingerprint density at radius 2 is 2.29 bits per heavy atom. The molecular weight excluding hydrogens is 214 g/mol. The summed E-state index contributed by atoms with van der Waals surface area (Å²) in [5, 5.41) is 6.87. The Kier molecular flexibility index (Phi) is 2.92. The first-order valence-corrected chi connectivity index (χ1v) is 6.20. The minimum absolute atomic E-state index is 0.505. The monoisotopic (exact) mass is 231 g/mol. The summed E-state index contributed by atoms with van der Waals surface area (Å²) in [6.07, 6.45) is 5.32. The average Bonchev–Trinajstić information content (AvgIpc) is 2.57. The molecule has 3 N–H and O–H groups in total. The van der Waals surface area contributed by atoms with E-state index in [0.29, 0.717) is 6.04 Å². The lowest BCUT2D eigenvalue weighted by Gasteiger charge is -2.14. The van der Waals surface area contributed by atoms with E-state index in [0.717, 1.165) is 36.6 Å². The number of anilines is 1. The highest BCUT2D eigenvalue weighted by atomic mass is 15.2. The third-order valence-electron chi connectivity index (χ3n) is 3.17. The van der Waals surface area contributed by atoms with E-state index < -0.39 is 0 Å². The van der Waals surface area contributed by atoms with Crippen LogP contribution < -0.4 is 10.6 Å². The van der Waals surface area contributed by atoms with Crippen molar-refractivity contribution in [1.29, 1.82) is 0 Å². The lowest BCUT2D eigenvalue weighted by molar-refractivity contribution is 0.633. The van der Waals surface area contributed by atoms with Crippen molar-refractivity contribution in [2.75, 3.05) is 18.4 Å². The van der Waals surface area contributed by atoms with Gasteiger partial charge in [-0.25, -0.2) is 4.98 Å². The zero-order valence-corrected chi connectivity index (χ0v) is 9.74. The number of nitrogens with one attached hydrogen (secondary N) is 3. The molecule has 1 atom stereocenters. The summed E-state index contributed by atoms with van der Waals surface area (Å²) < 4.78 is 0. The zero-order chi connectivity index (χ0) is 11.5. The van der Waals surface area contributed by atoms with Gasteiger partial charge in [0.05, 0.1) is 5.52 Å². The molecule has 3 rings (SSSR count). The molecule has 0 bridgehead atoms. The lowest BCUT2D eigenvalue weighted by Crippen LogP contribution is -2.22. The second-order valence-electron chi connectivity index (χ2n) is 4.48. The Labute approximate surface area is 100 Å². The van der Waals surface area contributed by atoms with E-state index in [2.05, 4.69) is 25.6 Å². The molecule has 1 aliphatic rings. The Balaban J connectivity index is 1.75. The van der Waals surface area contributed by atoms with Gasteiger partial charge in [-0.15, -0.1) is 0 Å². The Hall–Kier alpha value is -1.62. The topological polar surface area (TPSA) is 65.6 Å². The summed E-state index contributed by atoms with van der Waals surface area (Å²) >= 11 is 0. The number of fused-ring (bicyclic) bond motifs is 1. The van der Waals surface area contributed by atoms with Crippen LogP contribution in [0.5, 0.6) is 0 Å². The molecule has 1 saturated heterocycles. The van der Waals surface area contributed by atoms with Crippen LogP contribution in [0.1, 0.15) is 19.3 Å². The van der Waals surface area contributed by atoms with Crippen LogP contribution in [0.4, 0.5) is 5.95 Å². The predicted molar refractivity (Wildman–Crippen MR) is 68.0 cm³/mol. The predicted octanol–water partition coefficient (Wildman–Crippen LogP) is 1.51. The van der Waals surface area contributed by atoms with Crippen LogP contribution in [0.3, 0.4) is 0 Å². The lowest BCUT2D eigenvalue weighted by atomic mass is 10.1. The molecule has 1 unspecified atom stereocenters. The smallest absolute Gasteiger partial charge is 0.202 e. The van der Waals surface area contributed by atoms with Gasteiger partial charge in [-0.05, 0) is 44.5 Å². The summed E-state index contributed by atoms with van der Waals surface area (Å²) in [5.41, 5.74) is 1.77. The molecule has 1 fully saturated rings. The fourth-order valence-corrected chi connectivity index (χ4v) is 2.27. The Morgan fingerprint density at radius 3 is 3.24 bits per heavy atom. The van der Waals surface area contributed by atoms with Crippen molar-refractivity contribution in [2.24, 2.45) is 0 Å². The fraction of sp³-hybridized carbons (Fsp3) is 0.500. The van der Waals surface area contributed by atoms with Gasteiger partial charge in [0, 0.05) is 12.2 Å². The molecule has 5 nitrogen and oxygen atoms in total. The molecule has 0 spiro atoms. The summed E-state index contributed by atoms with van der Waals surface area (Å²) in [5.74, 6) is 0.839. The van der Waals surface area contributed by atoms with E-state index in [1.165, 1.54) is 12.8 Å². The van der Waals surface area contributed by atoms with Crippen LogP contribution in [-0.4, -0.2) is 34.1 Å². The van der Waals surface area contributed by atoms with Crippen LogP contribution in [0.25, 0.3) is 11.2 Å². The SMILES string of the molecule is c1cnc2nc(NC3CCCNCC3)[nH]c2c1. The summed E-state index contributed by atoms with van der Waals surface area (Å²) in [6, 6.07) is 4.42. The molecule has 0 saturated carbocycles. The maximum absolute atomic E-state index is 4.44. The van der Waals surface area contributed by atoms with Crippen molar-refractivity contribution < 1.29 is 0 Å². The van der Waals surface area contributed by atoms with Gasteiger partial charge >= 0.3 is 0 Å². The summed E-state index contributed by atoms with van der Waals surface area (Å²) in [7, 11) is 0. The first-order valence-electron chi connectivity index (χ1n) is 6.20. The van der Waals surface area contributed by atoms with Gasteiger partial charge in [0.2, 0.25) is 5.95 Å². The Morgan fingerprint density at radius 1 is 1.29 bits per heavy atom. The molecule has 2 aromatic rings. The van der Waals surface area contributed by atoms with Crippen molar-refractivity contribution in [1.82, 2.24) is 20.3 Å². The van der Waals surface area contributed by atoms with E-state index in [4.69, 9.17) is 0 Å². The van der Waals surface area contributed by atoms with Gasteiger partial charge < -0.3 is 15.6 Å². The highest BCUT2D eigenvalue weighted by molar-refractivity contribution is 5.72. The molecule has 0 amide bonds. The molecule has 5 heteroatoms. The second-order valence-corrected chi connectivity index (χ2v) is 4.48. The largest absolute Gasteiger partial charge is 0.353 e. The van der Waals surface area contributed by atoms with Crippen molar-refractivity contribution in [2.45, 2.75) is 25.3 Å². The minimum Gasteiger partial charge on any atom is -0.353 e. The normalized spacial score (nSPS) is 21.3. The number of hydrogen-bond acceptors (Lipinski definition) is 4. The minimum atomic E-state index is 0.505. The zero-order valence-electron chi connectivity index (χ0n) is 9.74. The first-order chi connectivity index (χ1) is 8.42. The van der Waals surface area contributed by atoms with E-state index in [1.807, 2.05) is 12.1 Å². The van der Waals surface area contributed by atoms with E-state index in [9.17, 15) is 0 Å². The third kappa shape index (κ3) is 2.39. The molecule has 2 aromatic heterocycles. The number of pyridine rings is 1. The third-order valence-corrected chi connectivity index (χ3v) is 3.17. The van der Waals surface area contributed by atoms with E-state index >= 15 is 0 Å². The summed E-state index contributed by atoms with van der Waals surface area (Å²) in [4.78, 5) is 11.9. The van der Waals surface area contributed by atoms with Crippen LogP contribution in [-0.2, 0) is 0 Å². The molecule has 90 valence electrons. The molecular formula is C12H17N5. The molecule has 0 aromatic carbocycles. The quantitative estimate of drug-likeness (QED) is 0.733. The standard InChI is InChI=1S/C12H17N5/c1-3-9(5-8-13-6-1)15-12-16-10-4-2-7-14-11(10)17-12/h2,4,7,9,13H,1,3,5-6,8H2,(H2,14,15,16,17).